The van der Waals surface area contributed by atoms with Gasteiger partial charge in [-0.25, -0.2) is 10.4 Å². The number of carbonyl (C=O) groups excluding carboxylic acids is 1. The molecule has 0 saturated heterocycles. The van der Waals surface area contributed by atoms with E-state index in [0.29, 0.717) is 16.1 Å². The Kier molecular flexibility index (Phi) is 5.99. The Labute approximate surface area is 183 Å². The molecule has 0 fully saturated rings. The lowest BCUT2D eigenvalue weighted by atomic mass is 10.2. The fraction of sp³-hybridized carbons (Fsp3) is 0.130. The van der Waals surface area contributed by atoms with Gasteiger partial charge in [0.2, 0.25) is 0 Å². The number of para-hydroxylation sites is 2. The number of benzene rings is 2. The summed E-state index contributed by atoms with van der Waals surface area (Å²) in [6.45, 7) is 1.94. The van der Waals surface area contributed by atoms with E-state index in [-0.39, 0.29) is 17.2 Å². The Morgan fingerprint density at radius 3 is 2.68 bits per heavy atom. The molecule has 156 valence electrons. The fourth-order valence-corrected chi connectivity index (χ4v) is 3.98. The van der Waals surface area contributed by atoms with Crippen LogP contribution in [0, 0.1) is 6.92 Å². The van der Waals surface area contributed by atoms with Crippen LogP contribution < -0.4 is 11.0 Å². The van der Waals surface area contributed by atoms with Gasteiger partial charge < -0.3 is 4.57 Å². The van der Waals surface area contributed by atoms with Crippen molar-refractivity contribution in [3.63, 3.8) is 0 Å². The molecule has 0 aliphatic heterocycles. The van der Waals surface area contributed by atoms with Crippen molar-refractivity contribution in [3.8, 4) is 5.69 Å². The van der Waals surface area contributed by atoms with E-state index in [1.54, 1.807) is 22.9 Å². The second-order valence-corrected chi connectivity index (χ2v) is 7.91. The second kappa shape index (κ2) is 9.01. The third-order valence-corrected chi connectivity index (χ3v) is 5.74. The van der Waals surface area contributed by atoms with Crippen LogP contribution in [0.15, 0.2) is 81.9 Å². The molecule has 1 N–H and O–H groups in total. The predicted octanol–water partition coefficient (Wildman–Crippen LogP) is 3.28. The zero-order valence-electron chi connectivity index (χ0n) is 17.1. The van der Waals surface area contributed by atoms with Crippen LogP contribution in [0.3, 0.4) is 0 Å². The van der Waals surface area contributed by atoms with Crippen molar-refractivity contribution in [1.29, 1.82) is 0 Å². The largest absolute Gasteiger partial charge is 0.350 e. The summed E-state index contributed by atoms with van der Waals surface area (Å²) in [5.41, 5.74) is 5.52. The van der Waals surface area contributed by atoms with Gasteiger partial charge in [-0.3, -0.25) is 14.2 Å². The number of hydrogen-bond acceptors (Lipinski definition) is 5. The van der Waals surface area contributed by atoms with Gasteiger partial charge in [-0.15, -0.1) is 0 Å². The van der Waals surface area contributed by atoms with Crippen molar-refractivity contribution in [2.45, 2.75) is 12.1 Å². The maximum Gasteiger partial charge on any atom is 0.266 e. The molecule has 0 aliphatic carbocycles. The standard InChI is InChI=1S/C23H21N5O2S/c1-16-8-3-6-12-20(16)28-22(30)18-10-4-5-11-19(18)25-23(28)31-15-21(29)26-24-14-17-9-7-13-27(17)2/h3-14H,15H2,1-2H3,(H,26,29). The van der Waals surface area contributed by atoms with Crippen molar-refractivity contribution in [2.75, 3.05) is 5.75 Å². The second-order valence-electron chi connectivity index (χ2n) is 6.96. The minimum absolute atomic E-state index is 0.0706. The highest BCUT2D eigenvalue weighted by Gasteiger charge is 2.15. The smallest absolute Gasteiger partial charge is 0.266 e. The lowest BCUT2D eigenvalue weighted by molar-refractivity contribution is -0.118. The van der Waals surface area contributed by atoms with Crippen molar-refractivity contribution < 1.29 is 4.79 Å². The SMILES string of the molecule is Cc1ccccc1-n1c(SCC(=O)NN=Cc2cccn2C)nc2ccccc2c1=O. The van der Waals surface area contributed by atoms with Gasteiger partial charge in [0.05, 0.1) is 34.3 Å². The Morgan fingerprint density at radius 1 is 1.13 bits per heavy atom. The van der Waals surface area contributed by atoms with E-state index < -0.39 is 0 Å². The molecule has 0 atom stereocenters. The molecule has 4 aromatic rings. The number of hydrazone groups is 1. The predicted molar refractivity (Wildman–Crippen MR) is 124 cm³/mol. The highest BCUT2D eigenvalue weighted by Crippen LogP contribution is 2.22. The van der Waals surface area contributed by atoms with Gasteiger partial charge in [-0.05, 0) is 42.8 Å². The number of nitrogens with zero attached hydrogens (tertiary/aromatic N) is 4. The minimum Gasteiger partial charge on any atom is -0.350 e. The van der Waals surface area contributed by atoms with Crippen molar-refractivity contribution >= 4 is 34.8 Å². The van der Waals surface area contributed by atoms with Gasteiger partial charge >= 0.3 is 0 Å². The molecule has 4 rings (SSSR count). The monoisotopic (exact) mass is 431 g/mol. The van der Waals surface area contributed by atoms with Crippen LogP contribution in [0.2, 0.25) is 0 Å². The van der Waals surface area contributed by atoms with Crippen LogP contribution >= 0.6 is 11.8 Å². The summed E-state index contributed by atoms with van der Waals surface area (Å²) in [5.74, 6) is -0.213. The number of carbonyl (C=O) groups is 1. The highest BCUT2D eigenvalue weighted by atomic mass is 32.2. The zero-order chi connectivity index (χ0) is 21.8. The number of fused-ring (bicyclic) bond motifs is 1. The molecule has 0 radical (unpaired) electrons. The molecule has 31 heavy (non-hydrogen) atoms. The maximum absolute atomic E-state index is 13.3. The molecule has 0 unspecified atom stereocenters. The summed E-state index contributed by atoms with van der Waals surface area (Å²) in [4.78, 5) is 30.3. The summed E-state index contributed by atoms with van der Waals surface area (Å²) in [5, 5.41) is 4.99. The average Bonchev–Trinajstić information content (AvgIpc) is 3.18. The quantitative estimate of drug-likeness (QED) is 0.220. The number of aromatic nitrogens is 3. The summed E-state index contributed by atoms with van der Waals surface area (Å²) in [6.07, 6.45) is 3.48. The third-order valence-electron chi connectivity index (χ3n) is 4.80. The molecule has 2 heterocycles. The number of aryl methyl sites for hydroxylation is 2. The molecule has 8 heteroatoms. The number of nitrogens with one attached hydrogen (secondary N) is 1. The minimum atomic E-state index is -0.283. The van der Waals surface area contributed by atoms with E-state index in [1.807, 2.05) is 73.3 Å². The first-order valence-corrected chi connectivity index (χ1v) is 10.7. The normalized spacial score (nSPS) is 11.3. The summed E-state index contributed by atoms with van der Waals surface area (Å²) < 4.78 is 3.47. The van der Waals surface area contributed by atoms with Gasteiger partial charge in [0.25, 0.3) is 11.5 Å². The maximum atomic E-state index is 13.3. The average molecular weight is 432 g/mol. The van der Waals surface area contributed by atoms with E-state index >= 15 is 0 Å². The summed E-state index contributed by atoms with van der Waals surface area (Å²) in [6, 6.07) is 18.6. The molecular weight excluding hydrogens is 410 g/mol. The van der Waals surface area contributed by atoms with Crippen LogP contribution in [0.1, 0.15) is 11.3 Å². The number of thioether (sulfide) groups is 1. The van der Waals surface area contributed by atoms with Gasteiger partial charge in [-0.2, -0.15) is 5.10 Å². The lowest BCUT2D eigenvalue weighted by Gasteiger charge is -2.14. The van der Waals surface area contributed by atoms with Gasteiger partial charge in [0, 0.05) is 13.2 Å². The van der Waals surface area contributed by atoms with E-state index in [9.17, 15) is 9.59 Å². The van der Waals surface area contributed by atoms with Crippen LogP contribution in [0.25, 0.3) is 16.6 Å². The zero-order valence-corrected chi connectivity index (χ0v) is 18.0. The summed E-state index contributed by atoms with van der Waals surface area (Å²) in [7, 11) is 1.90. The molecule has 0 aliphatic rings. The van der Waals surface area contributed by atoms with E-state index in [1.165, 1.54) is 11.8 Å². The molecule has 0 spiro atoms. The van der Waals surface area contributed by atoms with Crippen LogP contribution in [-0.2, 0) is 11.8 Å². The topological polar surface area (TPSA) is 81.3 Å². The first-order chi connectivity index (χ1) is 15.0. The Balaban J connectivity index is 1.61. The van der Waals surface area contributed by atoms with Crippen LogP contribution in [0.4, 0.5) is 0 Å². The third kappa shape index (κ3) is 4.44. The first-order valence-electron chi connectivity index (χ1n) is 9.68. The molecule has 2 aromatic carbocycles. The lowest BCUT2D eigenvalue weighted by Crippen LogP contribution is -2.24. The number of rotatable bonds is 6. The number of amides is 1. The van der Waals surface area contributed by atoms with E-state index in [2.05, 4.69) is 15.5 Å². The van der Waals surface area contributed by atoms with Crippen molar-refractivity contribution in [1.82, 2.24) is 19.5 Å². The number of hydrogen-bond donors (Lipinski definition) is 1. The van der Waals surface area contributed by atoms with E-state index in [4.69, 9.17) is 0 Å². The molecule has 1 amide bonds. The Hall–Kier alpha value is -3.65. The van der Waals surface area contributed by atoms with Crippen LogP contribution in [-0.4, -0.2) is 32.0 Å². The summed E-state index contributed by atoms with van der Waals surface area (Å²) >= 11 is 1.20. The Bertz CT molecular complexity index is 1340. The van der Waals surface area contributed by atoms with Crippen molar-refractivity contribution in [3.05, 3.63) is 88.5 Å². The molecule has 2 aromatic heterocycles. The van der Waals surface area contributed by atoms with Gasteiger partial charge in [0.1, 0.15) is 0 Å². The van der Waals surface area contributed by atoms with Gasteiger partial charge in [-0.1, -0.05) is 42.1 Å². The fourth-order valence-electron chi connectivity index (χ4n) is 3.18. The van der Waals surface area contributed by atoms with Crippen molar-refractivity contribution in [2.24, 2.45) is 12.1 Å². The molecule has 0 bridgehead atoms. The molecular formula is C23H21N5O2S. The van der Waals surface area contributed by atoms with Gasteiger partial charge in [0.15, 0.2) is 5.16 Å². The highest BCUT2D eigenvalue weighted by molar-refractivity contribution is 7.99. The first kappa shape index (κ1) is 20.6. The Morgan fingerprint density at radius 2 is 1.90 bits per heavy atom. The molecule has 7 nitrogen and oxygen atoms in total. The van der Waals surface area contributed by atoms with E-state index in [0.717, 1.165) is 16.9 Å². The van der Waals surface area contributed by atoms with Crippen LogP contribution in [0.5, 0.6) is 0 Å². The molecule has 0 saturated carbocycles.